The highest BCUT2D eigenvalue weighted by atomic mass is 79.9. The first kappa shape index (κ1) is 16.0. The predicted octanol–water partition coefficient (Wildman–Crippen LogP) is 3.95. The number of nitriles is 1. The number of amides is 1. The molecule has 24 heavy (non-hydrogen) atoms. The summed E-state index contributed by atoms with van der Waals surface area (Å²) >= 11 is 3.40. The maximum absolute atomic E-state index is 12.4. The summed E-state index contributed by atoms with van der Waals surface area (Å²) in [7, 11) is 0. The van der Waals surface area contributed by atoms with Gasteiger partial charge in [0.05, 0.1) is 11.9 Å². The number of para-hydroxylation sites is 1. The van der Waals surface area contributed by atoms with Crippen molar-refractivity contribution in [2.45, 2.75) is 6.92 Å². The van der Waals surface area contributed by atoms with Crippen molar-refractivity contribution in [3.8, 4) is 6.07 Å². The lowest BCUT2D eigenvalue weighted by Crippen LogP contribution is -2.14. The van der Waals surface area contributed by atoms with Gasteiger partial charge >= 0.3 is 0 Å². The maximum atomic E-state index is 12.4. The molecule has 0 aliphatic carbocycles. The molecular formula is C18H13BrN4O. The Hall–Kier alpha value is -2.91. The maximum Gasteiger partial charge on any atom is 0.266 e. The van der Waals surface area contributed by atoms with Gasteiger partial charge in [-0.2, -0.15) is 5.26 Å². The fourth-order valence-electron chi connectivity index (χ4n) is 2.28. The number of anilines is 1. The van der Waals surface area contributed by atoms with E-state index < -0.39 is 5.91 Å². The molecule has 0 radical (unpaired) electrons. The third-order valence-corrected chi connectivity index (χ3v) is 4.02. The Balaban J connectivity index is 1.94. The van der Waals surface area contributed by atoms with E-state index in [2.05, 4.69) is 26.2 Å². The number of aryl methyl sites for hydroxylation is 1. The largest absolute Gasteiger partial charge is 0.321 e. The van der Waals surface area contributed by atoms with E-state index in [1.807, 2.05) is 53.9 Å². The summed E-state index contributed by atoms with van der Waals surface area (Å²) < 4.78 is 2.69. The van der Waals surface area contributed by atoms with E-state index in [1.54, 1.807) is 12.3 Å². The van der Waals surface area contributed by atoms with Gasteiger partial charge in [-0.05, 0) is 52.7 Å². The minimum atomic E-state index is -0.447. The lowest BCUT2D eigenvalue weighted by atomic mass is 10.1. The Morgan fingerprint density at radius 3 is 2.88 bits per heavy atom. The lowest BCUT2D eigenvalue weighted by molar-refractivity contribution is -0.112. The average molecular weight is 381 g/mol. The smallest absolute Gasteiger partial charge is 0.266 e. The van der Waals surface area contributed by atoms with Crippen molar-refractivity contribution in [2.24, 2.45) is 0 Å². The summed E-state index contributed by atoms with van der Waals surface area (Å²) in [4.78, 5) is 16.6. The van der Waals surface area contributed by atoms with E-state index in [0.717, 1.165) is 15.7 Å². The molecule has 118 valence electrons. The van der Waals surface area contributed by atoms with Gasteiger partial charge in [-0.15, -0.1) is 0 Å². The fourth-order valence-corrected chi connectivity index (χ4v) is 2.62. The Bertz CT molecular complexity index is 998. The highest BCUT2D eigenvalue weighted by Gasteiger charge is 2.12. The molecule has 0 spiro atoms. The first-order valence-electron chi connectivity index (χ1n) is 7.20. The number of pyridine rings is 1. The molecule has 0 bridgehead atoms. The van der Waals surface area contributed by atoms with Crippen LogP contribution in [0.5, 0.6) is 0 Å². The highest BCUT2D eigenvalue weighted by Crippen LogP contribution is 2.17. The summed E-state index contributed by atoms with van der Waals surface area (Å²) in [5.74, 6) is -0.447. The van der Waals surface area contributed by atoms with Crippen LogP contribution < -0.4 is 5.32 Å². The molecule has 0 fully saturated rings. The quantitative estimate of drug-likeness (QED) is 0.552. The van der Waals surface area contributed by atoms with Crippen LogP contribution in [0.3, 0.4) is 0 Å². The van der Waals surface area contributed by atoms with Gasteiger partial charge in [-0.25, -0.2) is 4.98 Å². The van der Waals surface area contributed by atoms with Crippen molar-refractivity contribution in [2.75, 3.05) is 5.32 Å². The van der Waals surface area contributed by atoms with Gasteiger partial charge in [-0.1, -0.05) is 18.2 Å². The SMILES string of the molecule is Cc1ccccc1NC(=O)C(C#N)=Cc1cnc2ccc(Br)cn12. The van der Waals surface area contributed by atoms with Gasteiger partial charge in [0, 0.05) is 16.4 Å². The van der Waals surface area contributed by atoms with Crippen molar-refractivity contribution in [3.05, 3.63) is 70.1 Å². The first-order chi connectivity index (χ1) is 11.6. The molecule has 2 aromatic heterocycles. The normalized spacial score (nSPS) is 11.3. The van der Waals surface area contributed by atoms with Crippen LogP contribution in [0.2, 0.25) is 0 Å². The van der Waals surface area contributed by atoms with Crippen LogP contribution in [0.4, 0.5) is 5.69 Å². The minimum Gasteiger partial charge on any atom is -0.321 e. The number of rotatable bonds is 3. The third-order valence-electron chi connectivity index (χ3n) is 3.55. The van der Waals surface area contributed by atoms with Crippen LogP contribution in [0.1, 0.15) is 11.3 Å². The number of halogens is 1. The van der Waals surface area contributed by atoms with Crippen LogP contribution in [0, 0.1) is 18.3 Å². The van der Waals surface area contributed by atoms with Gasteiger partial charge in [0.1, 0.15) is 17.3 Å². The molecule has 1 amide bonds. The Labute approximate surface area is 147 Å². The van der Waals surface area contributed by atoms with E-state index in [4.69, 9.17) is 0 Å². The molecule has 0 saturated carbocycles. The molecule has 3 rings (SSSR count). The monoisotopic (exact) mass is 380 g/mol. The Kier molecular flexibility index (Phi) is 4.45. The number of imidazole rings is 1. The second-order valence-electron chi connectivity index (χ2n) is 5.20. The number of aromatic nitrogens is 2. The molecule has 1 aromatic carbocycles. The molecule has 0 atom stereocenters. The van der Waals surface area contributed by atoms with Crippen molar-refractivity contribution in [3.63, 3.8) is 0 Å². The minimum absolute atomic E-state index is 0.0139. The van der Waals surface area contributed by atoms with E-state index in [-0.39, 0.29) is 5.57 Å². The fraction of sp³-hybridized carbons (Fsp3) is 0.0556. The Morgan fingerprint density at radius 2 is 2.12 bits per heavy atom. The summed E-state index contributed by atoms with van der Waals surface area (Å²) in [6.07, 6.45) is 4.99. The van der Waals surface area contributed by atoms with E-state index in [1.165, 1.54) is 6.08 Å². The highest BCUT2D eigenvalue weighted by molar-refractivity contribution is 9.10. The summed E-state index contributed by atoms with van der Waals surface area (Å²) in [5, 5.41) is 12.1. The standard InChI is InChI=1S/C18H13BrN4O/c1-12-4-2-3-5-16(12)22-18(24)13(9-20)8-15-10-21-17-7-6-14(19)11-23(15)17/h2-8,10-11H,1H3,(H,22,24). The van der Waals surface area contributed by atoms with Crippen molar-refractivity contribution in [1.82, 2.24) is 9.38 Å². The predicted molar refractivity (Wildman–Crippen MR) is 96.3 cm³/mol. The molecule has 0 aliphatic rings. The van der Waals surface area contributed by atoms with Gasteiger partial charge < -0.3 is 5.32 Å². The summed E-state index contributed by atoms with van der Waals surface area (Å²) in [6.45, 7) is 1.90. The van der Waals surface area contributed by atoms with Crippen molar-refractivity contribution < 1.29 is 4.79 Å². The number of nitrogens with one attached hydrogen (secondary N) is 1. The zero-order valence-corrected chi connectivity index (χ0v) is 14.4. The number of carbonyl (C=O) groups is 1. The summed E-state index contributed by atoms with van der Waals surface area (Å²) in [5.41, 5.74) is 3.02. The number of hydrogen-bond donors (Lipinski definition) is 1. The number of nitrogens with zero attached hydrogens (tertiary/aromatic N) is 3. The first-order valence-corrected chi connectivity index (χ1v) is 7.99. The van der Waals surface area contributed by atoms with Crippen LogP contribution in [0.25, 0.3) is 11.7 Å². The zero-order valence-electron chi connectivity index (χ0n) is 12.8. The number of fused-ring (bicyclic) bond motifs is 1. The molecule has 3 aromatic rings. The second-order valence-corrected chi connectivity index (χ2v) is 6.11. The molecule has 0 unspecified atom stereocenters. The number of carbonyl (C=O) groups excluding carboxylic acids is 1. The van der Waals surface area contributed by atoms with Gasteiger partial charge in [-0.3, -0.25) is 9.20 Å². The van der Waals surface area contributed by atoms with Crippen LogP contribution in [-0.2, 0) is 4.79 Å². The molecule has 2 heterocycles. The van der Waals surface area contributed by atoms with Crippen molar-refractivity contribution in [1.29, 1.82) is 5.26 Å². The zero-order chi connectivity index (χ0) is 17.1. The topological polar surface area (TPSA) is 70.2 Å². The average Bonchev–Trinajstić information content (AvgIpc) is 2.96. The molecule has 1 N–H and O–H groups in total. The van der Waals surface area contributed by atoms with Crippen LogP contribution in [0.15, 0.2) is 58.8 Å². The van der Waals surface area contributed by atoms with Gasteiger partial charge in [0.15, 0.2) is 0 Å². The lowest BCUT2D eigenvalue weighted by Gasteiger charge is -2.07. The molecular weight excluding hydrogens is 368 g/mol. The van der Waals surface area contributed by atoms with Crippen LogP contribution >= 0.6 is 15.9 Å². The van der Waals surface area contributed by atoms with E-state index >= 15 is 0 Å². The van der Waals surface area contributed by atoms with Gasteiger partial charge in [0.2, 0.25) is 0 Å². The Morgan fingerprint density at radius 1 is 1.33 bits per heavy atom. The van der Waals surface area contributed by atoms with E-state index in [9.17, 15) is 10.1 Å². The second kappa shape index (κ2) is 6.69. The van der Waals surface area contributed by atoms with E-state index in [0.29, 0.717) is 11.4 Å². The molecule has 0 saturated heterocycles. The number of hydrogen-bond acceptors (Lipinski definition) is 3. The molecule has 0 aliphatic heterocycles. The number of benzene rings is 1. The van der Waals surface area contributed by atoms with Crippen molar-refractivity contribution >= 4 is 39.2 Å². The third kappa shape index (κ3) is 3.21. The molecule has 5 nitrogen and oxygen atoms in total. The summed E-state index contributed by atoms with van der Waals surface area (Å²) in [6, 6.07) is 13.1. The van der Waals surface area contributed by atoms with Crippen LogP contribution in [-0.4, -0.2) is 15.3 Å². The molecule has 6 heteroatoms. The van der Waals surface area contributed by atoms with Gasteiger partial charge in [0.25, 0.3) is 5.91 Å².